The van der Waals surface area contributed by atoms with Crippen molar-refractivity contribution in [2.45, 2.75) is 43.8 Å². The lowest BCUT2D eigenvalue weighted by Crippen LogP contribution is -2.33. The first-order valence-electron chi connectivity index (χ1n) is 11.6. The van der Waals surface area contributed by atoms with Gasteiger partial charge in [0.25, 0.3) is 0 Å². The fourth-order valence-corrected chi connectivity index (χ4v) is 3.62. The summed E-state index contributed by atoms with van der Waals surface area (Å²) in [6.07, 6.45) is 4.46. The molecule has 8 N–H and O–H groups in total. The summed E-state index contributed by atoms with van der Waals surface area (Å²) in [5, 5.41) is 21.0. The molecular formula is C26H34N4O6. The highest BCUT2D eigenvalue weighted by Crippen LogP contribution is 2.18. The van der Waals surface area contributed by atoms with Crippen molar-refractivity contribution in [2.24, 2.45) is 11.5 Å². The number of aliphatic carboxylic acids is 2. The van der Waals surface area contributed by atoms with Crippen LogP contribution in [0, 0.1) is 0 Å². The van der Waals surface area contributed by atoms with Crippen molar-refractivity contribution in [3.8, 4) is 0 Å². The molecule has 10 heteroatoms. The lowest BCUT2D eigenvalue weighted by Gasteiger charge is -2.08. The zero-order chi connectivity index (χ0) is 26.5. The van der Waals surface area contributed by atoms with Crippen molar-refractivity contribution in [1.29, 1.82) is 0 Å². The molecule has 4 rings (SSSR count). The Bertz CT molecular complexity index is 1110. The van der Waals surface area contributed by atoms with Crippen LogP contribution in [0.1, 0.15) is 24.0 Å². The lowest BCUT2D eigenvalue weighted by molar-refractivity contribution is -0.142. The summed E-state index contributed by atoms with van der Waals surface area (Å²) in [5.74, 6) is -2.06. The van der Waals surface area contributed by atoms with E-state index in [0.29, 0.717) is 12.8 Å². The van der Waals surface area contributed by atoms with Crippen molar-refractivity contribution in [3.63, 3.8) is 0 Å². The van der Waals surface area contributed by atoms with Crippen molar-refractivity contribution in [2.75, 3.05) is 13.7 Å². The topological polar surface area (TPSA) is 181 Å². The van der Waals surface area contributed by atoms with Gasteiger partial charge in [0.05, 0.1) is 7.11 Å². The standard InChI is InChI=1S/C11H12N2O2.C10H13NO2.C5H9NO2/c12-9(11(14)15)5-7-6-13-10-4-2-1-3-8(7)10;1-13-10(12)9(11)7-8-5-3-2-4-6-8;7-5(8)4-2-1-3-6-4/h1-4,6,9,13H,5,12H2,(H,14,15);2-6,9H,7,11H2,1H3;4,6H,1-3H2,(H,7,8)/t;;4-/m..0/s1. The van der Waals surface area contributed by atoms with Crippen LogP contribution in [0.15, 0.2) is 60.8 Å². The number of esters is 1. The number of nitrogens with one attached hydrogen (secondary N) is 2. The van der Waals surface area contributed by atoms with Gasteiger partial charge in [-0.1, -0.05) is 48.5 Å². The summed E-state index contributed by atoms with van der Waals surface area (Å²) < 4.78 is 4.52. The average Bonchev–Trinajstić information content (AvgIpc) is 3.56. The number of rotatable bonds is 7. The van der Waals surface area contributed by atoms with Gasteiger partial charge in [-0.25, -0.2) is 0 Å². The van der Waals surface area contributed by atoms with E-state index in [2.05, 4.69) is 15.0 Å². The maximum Gasteiger partial charge on any atom is 0.322 e. The van der Waals surface area contributed by atoms with Crippen LogP contribution >= 0.6 is 0 Å². The Hall–Kier alpha value is -3.73. The molecule has 0 spiro atoms. The summed E-state index contributed by atoms with van der Waals surface area (Å²) in [5.41, 5.74) is 14.1. The van der Waals surface area contributed by atoms with E-state index in [1.807, 2.05) is 60.8 Å². The number of hydrogen-bond donors (Lipinski definition) is 6. The highest BCUT2D eigenvalue weighted by molar-refractivity contribution is 5.84. The minimum atomic E-state index is -0.972. The largest absolute Gasteiger partial charge is 0.480 e. The molecule has 1 saturated heterocycles. The number of fused-ring (bicyclic) bond motifs is 1. The van der Waals surface area contributed by atoms with Gasteiger partial charge in [-0.2, -0.15) is 0 Å². The molecule has 194 valence electrons. The van der Waals surface area contributed by atoms with Crippen molar-refractivity contribution >= 4 is 28.8 Å². The monoisotopic (exact) mass is 498 g/mol. The van der Waals surface area contributed by atoms with Crippen LogP contribution in [-0.4, -0.2) is 64.9 Å². The second kappa shape index (κ2) is 14.6. The molecule has 1 aromatic heterocycles. The smallest absolute Gasteiger partial charge is 0.322 e. The zero-order valence-electron chi connectivity index (χ0n) is 20.2. The molecule has 1 fully saturated rings. The van der Waals surface area contributed by atoms with Crippen LogP contribution in [-0.2, 0) is 32.0 Å². The molecule has 0 aliphatic carbocycles. The van der Waals surface area contributed by atoms with E-state index >= 15 is 0 Å². The lowest BCUT2D eigenvalue weighted by atomic mass is 10.1. The molecule has 10 nitrogen and oxygen atoms in total. The number of hydrogen-bond acceptors (Lipinski definition) is 7. The van der Waals surface area contributed by atoms with Crippen LogP contribution in [0.2, 0.25) is 0 Å². The van der Waals surface area contributed by atoms with E-state index in [4.69, 9.17) is 21.7 Å². The van der Waals surface area contributed by atoms with Gasteiger partial charge in [-0.05, 0) is 43.0 Å². The second-order valence-electron chi connectivity index (χ2n) is 8.31. The van der Waals surface area contributed by atoms with Gasteiger partial charge in [0, 0.05) is 23.5 Å². The number of aromatic nitrogens is 1. The van der Waals surface area contributed by atoms with E-state index in [1.165, 1.54) is 7.11 Å². The van der Waals surface area contributed by atoms with Gasteiger partial charge >= 0.3 is 17.9 Å². The highest BCUT2D eigenvalue weighted by atomic mass is 16.5. The number of carbonyl (C=O) groups is 3. The van der Waals surface area contributed by atoms with E-state index in [-0.39, 0.29) is 12.0 Å². The molecule has 2 unspecified atom stereocenters. The molecule has 1 aliphatic rings. The molecule has 2 aromatic carbocycles. The second-order valence-corrected chi connectivity index (χ2v) is 8.31. The molecule has 36 heavy (non-hydrogen) atoms. The number of benzene rings is 2. The van der Waals surface area contributed by atoms with Crippen LogP contribution in [0.4, 0.5) is 0 Å². The van der Waals surface area contributed by atoms with Crippen molar-refractivity contribution in [3.05, 3.63) is 71.9 Å². The number of H-pyrrole nitrogens is 1. The summed E-state index contributed by atoms with van der Waals surface area (Å²) in [7, 11) is 1.34. The molecule has 3 aromatic rings. The van der Waals surface area contributed by atoms with Gasteiger partial charge in [0.15, 0.2) is 0 Å². The van der Waals surface area contributed by atoms with Crippen LogP contribution in [0.25, 0.3) is 10.9 Å². The van der Waals surface area contributed by atoms with E-state index in [1.54, 1.807) is 0 Å². The first-order chi connectivity index (χ1) is 17.2. The van der Waals surface area contributed by atoms with Gasteiger partial charge in [-0.3, -0.25) is 14.4 Å². The predicted molar refractivity (Wildman–Crippen MR) is 136 cm³/mol. The number of nitrogens with two attached hydrogens (primary N) is 2. The predicted octanol–water partition coefficient (Wildman–Crippen LogP) is 1.67. The molecule has 3 atom stereocenters. The number of carboxylic acid groups (broad SMARTS) is 2. The molecule has 0 radical (unpaired) electrons. The van der Waals surface area contributed by atoms with Gasteiger partial charge in [0.2, 0.25) is 0 Å². The number of carboxylic acids is 2. The summed E-state index contributed by atoms with van der Waals surface area (Å²) in [4.78, 5) is 34.8. The molecule has 0 bridgehead atoms. The first-order valence-corrected chi connectivity index (χ1v) is 11.6. The molecule has 2 heterocycles. The Labute approximate surface area is 209 Å². The maximum atomic E-state index is 11.0. The van der Waals surface area contributed by atoms with Gasteiger partial charge < -0.3 is 36.7 Å². The Morgan fingerprint density at radius 3 is 2.22 bits per heavy atom. The summed E-state index contributed by atoms with van der Waals surface area (Å²) in [6, 6.07) is 15.7. The first kappa shape index (κ1) is 28.5. The summed E-state index contributed by atoms with van der Waals surface area (Å²) in [6.45, 7) is 0.858. The van der Waals surface area contributed by atoms with E-state index < -0.39 is 24.0 Å². The number of carbonyl (C=O) groups excluding carboxylic acids is 1. The molecule has 0 amide bonds. The van der Waals surface area contributed by atoms with Crippen molar-refractivity contribution < 1.29 is 29.3 Å². The number of methoxy groups -OCH3 is 1. The maximum absolute atomic E-state index is 11.0. The SMILES string of the molecule is COC(=O)C(N)Cc1ccccc1.NC(Cc1c[nH]c2ccccc12)C(=O)O.O=C(O)[C@@H]1CCCN1. The van der Waals surface area contributed by atoms with Crippen LogP contribution < -0.4 is 16.8 Å². The minimum absolute atomic E-state index is 0.269. The third-order valence-electron chi connectivity index (χ3n) is 5.59. The average molecular weight is 499 g/mol. The summed E-state index contributed by atoms with van der Waals surface area (Å²) >= 11 is 0. The quantitative estimate of drug-likeness (QED) is 0.264. The fraction of sp³-hybridized carbons (Fsp3) is 0.346. The van der Waals surface area contributed by atoms with Crippen LogP contribution in [0.5, 0.6) is 0 Å². The third kappa shape index (κ3) is 9.14. The number of para-hydroxylation sites is 1. The zero-order valence-corrected chi connectivity index (χ0v) is 20.2. The normalized spacial score (nSPS) is 16.0. The molecule has 0 saturated carbocycles. The van der Waals surface area contributed by atoms with Crippen LogP contribution in [0.3, 0.4) is 0 Å². The number of ether oxygens (including phenoxy) is 1. The Morgan fingerprint density at radius 2 is 1.67 bits per heavy atom. The number of aromatic amines is 1. The molecular weight excluding hydrogens is 464 g/mol. The highest BCUT2D eigenvalue weighted by Gasteiger charge is 2.20. The molecule has 1 aliphatic heterocycles. The Morgan fingerprint density at radius 1 is 1.00 bits per heavy atom. The van der Waals surface area contributed by atoms with E-state index in [9.17, 15) is 14.4 Å². The fourth-order valence-electron chi connectivity index (χ4n) is 3.62. The minimum Gasteiger partial charge on any atom is -0.480 e. The Balaban J connectivity index is 0.000000199. The Kier molecular flexibility index (Phi) is 11.6. The van der Waals surface area contributed by atoms with Gasteiger partial charge in [0.1, 0.15) is 18.1 Å². The third-order valence-corrected chi connectivity index (χ3v) is 5.59. The van der Waals surface area contributed by atoms with Crippen molar-refractivity contribution in [1.82, 2.24) is 10.3 Å². The van der Waals surface area contributed by atoms with Gasteiger partial charge in [-0.15, -0.1) is 0 Å². The van der Waals surface area contributed by atoms with E-state index in [0.717, 1.165) is 41.4 Å².